The van der Waals surface area contributed by atoms with E-state index in [1.165, 1.54) is 22.3 Å². The van der Waals surface area contributed by atoms with Crippen molar-refractivity contribution in [2.45, 2.75) is 30.1 Å². The summed E-state index contributed by atoms with van der Waals surface area (Å²) < 4.78 is 22.7. The summed E-state index contributed by atoms with van der Waals surface area (Å²) in [4.78, 5) is 23.5. The minimum atomic E-state index is -0.559. The van der Waals surface area contributed by atoms with E-state index in [1.807, 2.05) is 31.2 Å². The monoisotopic (exact) mass is 742 g/mol. The quantitative estimate of drug-likeness (QED) is 0.0492. The van der Waals surface area contributed by atoms with Gasteiger partial charge in [-0.15, -0.1) is 0 Å². The third kappa shape index (κ3) is 7.46. The molecule has 0 aliphatic heterocycles. The van der Waals surface area contributed by atoms with Crippen LogP contribution in [-0.2, 0) is 24.5 Å². The average Bonchev–Trinajstić information content (AvgIpc) is 3.39. The van der Waals surface area contributed by atoms with Gasteiger partial charge in [0.1, 0.15) is 24.7 Å². The van der Waals surface area contributed by atoms with Crippen LogP contribution in [0.2, 0.25) is 0 Å². The molecule has 4 aromatic rings. The van der Waals surface area contributed by atoms with E-state index in [2.05, 4.69) is 109 Å². The summed E-state index contributed by atoms with van der Waals surface area (Å²) in [5.74, 6) is 0.719. The molecule has 1 aliphatic rings. The lowest BCUT2D eigenvalue weighted by Crippen LogP contribution is -2.28. The molecule has 7 heteroatoms. The molecule has 2 unspecified atom stereocenters. The lowest BCUT2D eigenvalue weighted by molar-refractivity contribution is -0.140. The van der Waals surface area contributed by atoms with Crippen molar-refractivity contribution in [1.29, 1.82) is 0 Å². The van der Waals surface area contributed by atoms with Gasteiger partial charge in [0, 0.05) is 17.1 Å². The van der Waals surface area contributed by atoms with E-state index in [0.29, 0.717) is 24.4 Å². The molecule has 242 valence electrons. The molecule has 2 atom stereocenters. The van der Waals surface area contributed by atoms with Crippen LogP contribution in [-0.4, -0.2) is 42.3 Å². The van der Waals surface area contributed by atoms with Gasteiger partial charge in [-0.2, -0.15) is 0 Å². The minimum absolute atomic E-state index is 0.00872. The fraction of sp³-hybridized carbons (Fsp3) is 0.250. The SMILES string of the molecule is C=C(C)C(=O)OCC(C)COc1ccc(C2(c3ccc(OCC(I)COC(=O)C(=C)C)cc3)c3ccccc3-c3ccccc32)cc1. The number of benzene rings is 4. The molecule has 0 heterocycles. The van der Waals surface area contributed by atoms with Gasteiger partial charge in [-0.25, -0.2) is 9.59 Å². The van der Waals surface area contributed by atoms with Crippen LogP contribution >= 0.6 is 22.6 Å². The minimum Gasteiger partial charge on any atom is -0.493 e. The van der Waals surface area contributed by atoms with Crippen molar-refractivity contribution in [3.05, 3.63) is 144 Å². The van der Waals surface area contributed by atoms with Crippen molar-refractivity contribution in [2.75, 3.05) is 26.4 Å². The van der Waals surface area contributed by atoms with Crippen LogP contribution in [0.25, 0.3) is 11.1 Å². The predicted molar refractivity (Wildman–Crippen MR) is 193 cm³/mol. The average molecular weight is 743 g/mol. The Kier molecular flexibility index (Phi) is 10.9. The molecule has 4 aromatic carbocycles. The first kappa shape index (κ1) is 34.0. The van der Waals surface area contributed by atoms with Crippen LogP contribution in [0.5, 0.6) is 11.5 Å². The number of hydrogen-bond acceptors (Lipinski definition) is 6. The van der Waals surface area contributed by atoms with E-state index >= 15 is 0 Å². The summed E-state index contributed by atoms with van der Waals surface area (Å²) in [6.07, 6.45) is 0. The van der Waals surface area contributed by atoms with Crippen LogP contribution in [0.15, 0.2) is 121 Å². The highest BCUT2D eigenvalue weighted by atomic mass is 127. The molecular formula is C40H39IO6. The maximum absolute atomic E-state index is 11.8. The largest absolute Gasteiger partial charge is 0.493 e. The zero-order valence-electron chi connectivity index (χ0n) is 27.0. The molecule has 0 aromatic heterocycles. The number of halogens is 1. The molecule has 0 spiro atoms. The number of alkyl halides is 1. The highest BCUT2D eigenvalue weighted by Gasteiger charge is 2.45. The van der Waals surface area contributed by atoms with Crippen LogP contribution in [0.3, 0.4) is 0 Å². The second kappa shape index (κ2) is 15.0. The molecule has 0 radical (unpaired) electrons. The number of ether oxygens (including phenoxy) is 4. The Bertz CT molecular complexity index is 1630. The fourth-order valence-electron chi connectivity index (χ4n) is 5.78. The van der Waals surface area contributed by atoms with Gasteiger partial charge in [0.2, 0.25) is 0 Å². The van der Waals surface area contributed by atoms with Gasteiger partial charge in [0.05, 0.1) is 22.6 Å². The highest BCUT2D eigenvalue weighted by molar-refractivity contribution is 14.1. The van der Waals surface area contributed by atoms with Crippen LogP contribution < -0.4 is 9.47 Å². The van der Waals surface area contributed by atoms with E-state index in [4.69, 9.17) is 18.9 Å². The smallest absolute Gasteiger partial charge is 0.333 e. The standard InChI is InChI=1S/C40H39IO6/c1-26(2)38(42)46-23-28(5)22-44-32-18-14-29(15-19-32)40(36-12-8-6-10-34(36)35-11-7-9-13-37(35)40)30-16-20-33(21-17-30)45-24-31(41)25-47-39(43)27(3)4/h6-21,28,31H,1,3,22-25H2,2,4-5H3. The second-order valence-electron chi connectivity index (χ2n) is 12.0. The Hall–Kier alpha value is -4.37. The zero-order valence-corrected chi connectivity index (χ0v) is 29.1. The molecule has 6 nitrogen and oxygen atoms in total. The van der Waals surface area contributed by atoms with Crippen LogP contribution in [0.1, 0.15) is 43.0 Å². The number of carbonyl (C=O) groups is 2. The Balaban J connectivity index is 1.41. The zero-order chi connectivity index (χ0) is 33.6. The van der Waals surface area contributed by atoms with Crippen LogP contribution in [0, 0.1) is 5.92 Å². The molecule has 47 heavy (non-hydrogen) atoms. The Morgan fingerprint density at radius 2 is 1.06 bits per heavy atom. The first-order chi connectivity index (χ1) is 22.6. The third-order valence-electron chi connectivity index (χ3n) is 8.08. The molecule has 0 saturated carbocycles. The Morgan fingerprint density at radius 1 is 0.638 bits per heavy atom. The van der Waals surface area contributed by atoms with E-state index < -0.39 is 11.4 Å². The summed E-state index contributed by atoms with van der Waals surface area (Å²) in [5.41, 5.74) is 7.27. The Labute approximate surface area is 290 Å². The van der Waals surface area contributed by atoms with Crippen molar-refractivity contribution < 1.29 is 28.5 Å². The van der Waals surface area contributed by atoms with Gasteiger partial charge in [0.15, 0.2) is 0 Å². The Morgan fingerprint density at radius 3 is 1.53 bits per heavy atom. The first-order valence-electron chi connectivity index (χ1n) is 15.6. The molecule has 0 saturated heterocycles. The van der Waals surface area contributed by atoms with Crippen molar-refractivity contribution in [3.8, 4) is 22.6 Å². The van der Waals surface area contributed by atoms with Gasteiger partial charge < -0.3 is 18.9 Å². The first-order valence-corrected chi connectivity index (χ1v) is 16.8. The van der Waals surface area contributed by atoms with E-state index in [0.717, 1.165) is 22.6 Å². The molecular weight excluding hydrogens is 703 g/mol. The third-order valence-corrected chi connectivity index (χ3v) is 8.80. The molecule has 5 rings (SSSR count). The lowest BCUT2D eigenvalue weighted by atomic mass is 9.68. The van der Waals surface area contributed by atoms with Crippen molar-refractivity contribution in [2.24, 2.45) is 5.92 Å². The van der Waals surface area contributed by atoms with E-state index in [-0.39, 0.29) is 29.0 Å². The summed E-state index contributed by atoms with van der Waals surface area (Å²) >= 11 is 2.23. The van der Waals surface area contributed by atoms with Gasteiger partial charge in [-0.05, 0) is 71.5 Å². The summed E-state index contributed by atoms with van der Waals surface area (Å²) in [5, 5.41) is 0. The molecule has 1 aliphatic carbocycles. The molecule has 0 bridgehead atoms. The predicted octanol–water partition coefficient (Wildman–Crippen LogP) is 8.49. The van der Waals surface area contributed by atoms with Gasteiger partial charge >= 0.3 is 11.9 Å². The van der Waals surface area contributed by atoms with Crippen molar-refractivity contribution in [3.63, 3.8) is 0 Å². The molecule has 0 fully saturated rings. The second-order valence-corrected chi connectivity index (χ2v) is 13.7. The van der Waals surface area contributed by atoms with Crippen LogP contribution in [0.4, 0.5) is 0 Å². The maximum atomic E-state index is 11.8. The number of hydrogen-bond donors (Lipinski definition) is 0. The normalized spacial score (nSPS) is 13.8. The summed E-state index contributed by atoms with van der Waals surface area (Å²) in [6, 6.07) is 33.7. The fourth-order valence-corrected chi connectivity index (χ4v) is 6.14. The van der Waals surface area contributed by atoms with E-state index in [1.54, 1.807) is 13.8 Å². The summed E-state index contributed by atoms with van der Waals surface area (Å²) in [7, 11) is 0. The maximum Gasteiger partial charge on any atom is 0.333 e. The number of esters is 2. The van der Waals surface area contributed by atoms with Gasteiger partial charge in [0.25, 0.3) is 0 Å². The van der Waals surface area contributed by atoms with Gasteiger partial charge in [-0.1, -0.05) is 115 Å². The number of carbonyl (C=O) groups excluding carboxylic acids is 2. The highest BCUT2D eigenvalue weighted by Crippen LogP contribution is 2.56. The van der Waals surface area contributed by atoms with Crippen molar-refractivity contribution in [1.82, 2.24) is 0 Å². The number of fused-ring (bicyclic) bond motifs is 3. The van der Waals surface area contributed by atoms with Crippen molar-refractivity contribution >= 4 is 34.5 Å². The topological polar surface area (TPSA) is 71.1 Å². The lowest BCUT2D eigenvalue weighted by Gasteiger charge is -2.34. The summed E-state index contributed by atoms with van der Waals surface area (Å²) in [6.45, 7) is 13.8. The number of rotatable bonds is 14. The molecule has 0 N–H and O–H groups in total. The van der Waals surface area contributed by atoms with Gasteiger partial charge in [-0.3, -0.25) is 0 Å². The molecule has 0 amide bonds. The van der Waals surface area contributed by atoms with E-state index in [9.17, 15) is 9.59 Å².